The van der Waals surface area contributed by atoms with Crippen LogP contribution < -0.4 is 0 Å². The summed E-state index contributed by atoms with van der Waals surface area (Å²) in [6, 6.07) is 17.6. The van der Waals surface area contributed by atoms with Crippen LogP contribution in [0, 0.1) is 13.8 Å². The Balaban J connectivity index is 1.93. The van der Waals surface area contributed by atoms with Crippen molar-refractivity contribution in [3.63, 3.8) is 0 Å². The Morgan fingerprint density at radius 1 is 0.880 bits per heavy atom. The van der Waals surface area contributed by atoms with E-state index in [1.165, 1.54) is 12.3 Å². The summed E-state index contributed by atoms with van der Waals surface area (Å²) in [6.07, 6.45) is 0.361. The molecule has 2 aromatic carbocycles. The molecule has 1 atom stereocenters. The molecule has 0 fully saturated rings. The second kappa shape index (κ2) is 7.18. The fourth-order valence-corrected chi connectivity index (χ4v) is 2.44. The zero-order chi connectivity index (χ0) is 17.8. The quantitative estimate of drug-likeness (QED) is 0.502. The summed E-state index contributed by atoms with van der Waals surface area (Å²) in [4.78, 5) is 25.2. The smallest absolute Gasteiger partial charge is 0.375 e. The molecule has 0 saturated heterocycles. The third kappa shape index (κ3) is 3.86. The van der Waals surface area contributed by atoms with Crippen molar-refractivity contribution in [1.82, 2.24) is 0 Å². The highest BCUT2D eigenvalue weighted by atomic mass is 16.6. The van der Waals surface area contributed by atoms with Crippen molar-refractivity contribution in [2.75, 3.05) is 0 Å². The van der Waals surface area contributed by atoms with E-state index in [1.807, 2.05) is 38.1 Å². The molecule has 1 unspecified atom stereocenters. The van der Waals surface area contributed by atoms with Gasteiger partial charge < -0.3 is 9.15 Å². The number of hydrogen-bond donors (Lipinski definition) is 0. The molecule has 4 heteroatoms. The minimum atomic E-state index is -1.03. The van der Waals surface area contributed by atoms with Crippen LogP contribution in [0.2, 0.25) is 0 Å². The maximum Gasteiger partial charge on any atom is 0.375 e. The topological polar surface area (TPSA) is 56.5 Å². The van der Waals surface area contributed by atoms with Gasteiger partial charge in [0.15, 0.2) is 6.10 Å². The Labute approximate surface area is 146 Å². The van der Waals surface area contributed by atoms with Gasteiger partial charge in [-0.1, -0.05) is 59.7 Å². The first kappa shape index (κ1) is 16.7. The maximum atomic E-state index is 12.9. The van der Waals surface area contributed by atoms with Crippen molar-refractivity contribution in [1.29, 1.82) is 0 Å². The van der Waals surface area contributed by atoms with Gasteiger partial charge in [0.05, 0.1) is 6.26 Å². The zero-order valence-corrected chi connectivity index (χ0v) is 14.1. The molecule has 0 saturated carbocycles. The van der Waals surface area contributed by atoms with Crippen molar-refractivity contribution < 1.29 is 18.7 Å². The fraction of sp³-hybridized carbons (Fsp3) is 0.143. The summed E-state index contributed by atoms with van der Waals surface area (Å²) >= 11 is 0. The van der Waals surface area contributed by atoms with E-state index in [0.29, 0.717) is 11.1 Å². The fourth-order valence-electron chi connectivity index (χ4n) is 2.44. The Bertz CT molecular complexity index is 859. The number of hydrogen-bond acceptors (Lipinski definition) is 4. The molecule has 3 rings (SSSR count). The second-order valence-corrected chi connectivity index (χ2v) is 5.90. The summed E-state index contributed by atoms with van der Waals surface area (Å²) < 4.78 is 10.6. The lowest BCUT2D eigenvalue weighted by Gasteiger charge is -2.17. The van der Waals surface area contributed by atoms with Gasteiger partial charge in [0, 0.05) is 11.1 Å². The molecule has 3 aromatic rings. The number of esters is 1. The number of ether oxygens (including phenoxy) is 1. The monoisotopic (exact) mass is 334 g/mol. The van der Waals surface area contributed by atoms with Gasteiger partial charge >= 0.3 is 5.97 Å². The molecule has 4 nitrogen and oxygen atoms in total. The van der Waals surface area contributed by atoms with E-state index in [2.05, 4.69) is 0 Å². The van der Waals surface area contributed by atoms with Crippen LogP contribution >= 0.6 is 0 Å². The molecule has 0 aliphatic rings. The van der Waals surface area contributed by atoms with Crippen LogP contribution in [0.4, 0.5) is 0 Å². The van der Waals surface area contributed by atoms with E-state index < -0.39 is 12.1 Å². The molecular weight excluding hydrogens is 316 g/mol. The van der Waals surface area contributed by atoms with E-state index in [1.54, 1.807) is 30.3 Å². The molecule has 25 heavy (non-hydrogen) atoms. The molecule has 0 aliphatic carbocycles. The number of aryl methyl sites for hydroxylation is 2. The molecule has 0 amide bonds. The van der Waals surface area contributed by atoms with Crippen molar-refractivity contribution in [3.05, 3.63) is 94.9 Å². The maximum absolute atomic E-state index is 12.9. The first-order valence-electron chi connectivity index (χ1n) is 7.96. The minimum Gasteiger partial charge on any atom is -0.457 e. The van der Waals surface area contributed by atoms with Crippen molar-refractivity contribution in [2.45, 2.75) is 20.0 Å². The number of Topliss-reactive ketones (excluding diaryl/α,β-unsaturated/α-hetero) is 1. The van der Waals surface area contributed by atoms with E-state index in [9.17, 15) is 9.59 Å². The number of benzene rings is 2. The van der Waals surface area contributed by atoms with Gasteiger partial charge in [-0.3, -0.25) is 4.79 Å². The number of carbonyl (C=O) groups is 2. The van der Waals surface area contributed by atoms with Crippen LogP contribution in [0.5, 0.6) is 0 Å². The van der Waals surface area contributed by atoms with E-state index >= 15 is 0 Å². The first-order chi connectivity index (χ1) is 12.0. The largest absolute Gasteiger partial charge is 0.457 e. The van der Waals surface area contributed by atoms with Crippen molar-refractivity contribution >= 4 is 11.8 Å². The summed E-state index contributed by atoms with van der Waals surface area (Å²) in [5.74, 6) is -0.881. The zero-order valence-electron chi connectivity index (χ0n) is 14.1. The molecule has 0 radical (unpaired) electrons. The molecule has 1 aromatic heterocycles. The third-order valence-electron chi connectivity index (χ3n) is 3.90. The van der Waals surface area contributed by atoms with Gasteiger partial charge in [-0.25, -0.2) is 4.79 Å². The molecule has 0 N–H and O–H groups in total. The second-order valence-electron chi connectivity index (χ2n) is 5.90. The third-order valence-corrected chi connectivity index (χ3v) is 3.90. The lowest BCUT2D eigenvalue weighted by atomic mass is 9.98. The van der Waals surface area contributed by atoms with Gasteiger partial charge in [0.2, 0.25) is 11.5 Å². The predicted molar refractivity (Wildman–Crippen MR) is 93.6 cm³/mol. The van der Waals surface area contributed by atoms with E-state index in [0.717, 1.165) is 11.1 Å². The first-order valence-corrected chi connectivity index (χ1v) is 7.96. The van der Waals surface area contributed by atoms with E-state index in [4.69, 9.17) is 9.15 Å². The van der Waals surface area contributed by atoms with Crippen molar-refractivity contribution in [3.8, 4) is 0 Å². The summed E-state index contributed by atoms with van der Waals surface area (Å²) in [6.45, 7) is 3.90. The highest BCUT2D eigenvalue weighted by molar-refractivity contribution is 6.01. The van der Waals surface area contributed by atoms with Crippen LogP contribution in [0.15, 0.2) is 71.3 Å². The summed E-state index contributed by atoms with van der Waals surface area (Å²) in [5, 5.41) is 0. The minimum absolute atomic E-state index is 0.0637. The van der Waals surface area contributed by atoms with Gasteiger partial charge in [-0.15, -0.1) is 0 Å². The highest BCUT2D eigenvalue weighted by Gasteiger charge is 2.27. The van der Waals surface area contributed by atoms with Gasteiger partial charge in [0.1, 0.15) is 0 Å². The lowest BCUT2D eigenvalue weighted by Crippen LogP contribution is -2.20. The van der Waals surface area contributed by atoms with Crippen LogP contribution in [0.1, 0.15) is 43.7 Å². The predicted octanol–water partition coefficient (Wildman–Crippen LogP) is 4.68. The lowest BCUT2D eigenvalue weighted by molar-refractivity contribution is 0.0250. The van der Waals surface area contributed by atoms with Gasteiger partial charge in [-0.05, 0) is 26.0 Å². The molecule has 1 heterocycles. The number of rotatable bonds is 5. The SMILES string of the molecule is Cc1ccc(C(=O)C(OC(=O)c2ccco2)c2ccc(C)cc2)cc1. The highest BCUT2D eigenvalue weighted by Crippen LogP contribution is 2.25. The Morgan fingerprint density at radius 2 is 1.48 bits per heavy atom. The van der Waals surface area contributed by atoms with Crippen LogP contribution in [-0.4, -0.2) is 11.8 Å². The number of furan rings is 1. The van der Waals surface area contributed by atoms with Gasteiger partial charge in [-0.2, -0.15) is 0 Å². The normalized spacial score (nSPS) is 11.8. The molecular formula is C21H18O4. The van der Waals surface area contributed by atoms with Crippen LogP contribution in [0.3, 0.4) is 0 Å². The molecule has 0 spiro atoms. The average Bonchev–Trinajstić information content (AvgIpc) is 3.15. The Hall–Kier alpha value is -3.14. The van der Waals surface area contributed by atoms with Gasteiger partial charge in [0.25, 0.3) is 0 Å². The number of ketones is 1. The van der Waals surface area contributed by atoms with E-state index in [-0.39, 0.29) is 11.5 Å². The molecule has 0 bridgehead atoms. The molecule has 0 aliphatic heterocycles. The van der Waals surface area contributed by atoms with Crippen LogP contribution in [0.25, 0.3) is 0 Å². The Kier molecular flexibility index (Phi) is 4.80. The summed E-state index contributed by atoms with van der Waals surface area (Å²) in [5.41, 5.74) is 3.22. The number of carbonyl (C=O) groups excluding carboxylic acids is 2. The molecule has 126 valence electrons. The van der Waals surface area contributed by atoms with Crippen LogP contribution in [-0.2, 0) is 4.74 Å². The average molecular weight is 334 g/mol. The van der Waals surface area contributed by atoms with Crippen molar-refractivity contribution in [2.24, 2.45) is 0 Å². The Morgan fingerprint density at radius 3 is 2.04 bits per heavy atom. The standard InChI is InChI=1S/C21H18O4/c1-14-5-9-16(10-6-14)19(22)20(17-11-7-15(2)8-12-17)25-21(23)18-4-3-13-24-18/h3-13,20H,1-2H3. The summed E-state index contributed by atoms with van der Waals surface area (Å²) in [7, 11) is 0.